The second kappa shape index (κ2) is 39.0. The van der Waals surface area contributed by atoms with Crippen LogP contribution in [0.3, 0.4) is 0 Å². The first-order valence-electron chi connectivity index (χ1n) is 36.3. The number of likely N-dealkylation sites (tertiary alicyclic amines) is 1. The molecule has 2 aliphatic heterocycles. The SMILES string of the molecule is CCCC[C@@H]1NC(=O)[C@H](CC2CCCC(I)C2)NC(=O)CN(C)C(=O)[C@H](CC2CCC(Cl)CC2)N(C)C(=O)CN(C)C(=O)CN(C)C(=O)[C@H]([C@@H](C)CC)NC(=O)[C@H](CC(C)C)N(C)C(=O)C[C@@H](C(=O)N2CCCC2)N(C)C(=O)[C@H](CCC2CCCCC2)NC(=O)C(C)(C)N(C)C1=O. The molecule has 12 amide bonds. The molecule has 0 aromatic carbocycles. The average Bonchev–Trinajstić information content (AvgIpc) is 1.42. The van der Waals surface area contributed by atoms with Crippen molar-refractivity contribution < 1.29 is 57.5 Å². The molecule has 10 atom stereocenters. The van der Waals surface area contributed by atoms with Crippen molar-refractivity contribution in [2.75, 3.05) is 82.1 Å². The van der Waals surface area contributed by atoms with Crippen LogP contribution >= 0.6 is 34.2 Å². The van der Waals surface area contributed by atoms with Crippen LogP contribution in [0.5, 0.6) is 0 Å². The van der Waals surface area contributed by atoms with E-state index in [2.05, 4.69) is 43.9 Å². The summed E-state index contributed by atoms with van der Waals surface area (Å²) in [6, 6.07) is -8.27. The van der Waals surface area contributed by atoms with Gasteiger partial charge in [0.15, 0.2) is 0 Å². The lowest BCUT2D eigenvalue weighted by Gasteiger charge is -2.39. The number of carbonyl (C=O) groups is 12. The summed E-state index contributed by atoms with van der Waals surface area (Å²) in [5.41, 5.74) is -1.65. The lowest BCUT2D eigenvalue weighted by Crippen LogP contribution is -2.63. The molecule has 0 bridgehead atoms. The Morgan fingerprint density at radius 2 is 1.15 bits per heavy atom. The van der Waals surface area contributed by atoms with Crippen LogP contribution in [0.15, 0.2) is 0 Å². The molecular formula is C71H120ClIN12O12. The molecule has 2 unspecified atom stereocenters. The zero-order chi connectivity index (χ0) is 72.2. The molecule has 0 spiro atoms. The van der Waals surface area contributed by atoms with Gasteiger partial charge < -0.3 is 60.5 Å². The molecule has 3 aliphatic carbocycles. The van der Waals surface area contributed by atoms with Gasteiger partial charge in [-0.25, -0.2) is 0 Å². The molecule has 5 rings (SSSR count). The third-order valence-electron chi connectivity index (χ3n) is 21.6. The number of rotatable bonds is 15. The minimum atomic E-state index is -1.65. The number of likely N-dealkylation sites (N-methyl/N-ethyl adjacent to an activating group) is 7. The first-order chi connectivity index (χ1) is 45.7. The summed E-state index contributed by atoms with van der Waals surface area (Å²) < 4.78 is 0.345. The smallest absolute Gasteiger partial charge is 0.246 e. The van der Waals surface area contributed by atoms with Crippen molar-refractivity contribution in [3.8, 4) is 0 Å². The van der Waals surface area contributed by atoms with Crippen molar-refractivity contribution in [2.24, 2.45) is 29.6 Å². The largest absolute Gasteiger partial charge is 0.343 e. The van der Waals surface area contributed by atoms with E-state index in [-0.39, 0.29) is 61.2 Å². The van der Waals surface area contributed by atoms with Crippen LogP contribution in [0.2, 0.25) is 0 Å². The maximum atomic E-state index is 15.4. The van der Waals surface area contributed by atoms with Gasteiger partial charge in [0.1, 0.15) is 47.8 Å². The summed E-state index contributed by atoms with van der Waals surface area (Å²) >= 11 is 8.94. The van der Waals surface area contributed by atoms with Gasteiger partial charge >= 0.3 is 0 Å². The predicted octanol–water partition coefficient (Wildman–Crippen LogP) is 6.26. The minimum absolute atomic E-state index is 0.00110. The van der Waals surface area contributed by atoms with Crippen molar-refractivity contribution in [1.29, 1.82) is 0 Å². The minimum Gasteiger partial charge on any atom is -0.343 e. The van der Waals surface area contributed by atoms with Gasteiger partial charge in [-0.15, -0.1) is 11.6 Å². The molecule has 0 aromatic rings. The predicted molar refractivity (Wildman–Crippen MR) is 382 cm³/mol. The Bertz CT molecular complexity index is 2700. The van der Waals surface area contributed by atoms with E-state index < -0.39 is 151 Å². The highest BCUT2D eigenvalue weighted by atomic mass is 127. The molecule has 4 N–H and O–H groups in total. The van der Waals surface area contributed by atoms with Crippen LogP contribution in [0.1, 0.15) is 209 Å². The number of amides is 12. The van der Waals surface area contributed by atoms with Crippen molar-refractivity contribution in [2.45, 2.75) is 266 Å². The number of carbonyl (C=O) groups excluding carboxylic acids is 12. The van der Waals surface area contributed by atoms with Gasteiger partial charge in [-0.05, 0) is 133 Å². The monoisotopic (exact) mass is 1490 g/mol. The lowest BCUT2D eigenvalue weighted by atomic mass is 9.84. The lowest BCUT2D eigenvalue weighted by molar-refractivity contribution is -0.151. The van der Waals surface area contributed by atoms with Gasteiger partial charge in [-0.2, -0.15) is 0 Å². The van der Waals surface area contributed by atoms with E-state index in [9.17, 15) is 43.2 Å². The van der Waals surface area contributed by atoms with E-state index in [0.717, 1.165) is 57.8 Å². The second-order valence-electron chi connectivity index (χ2n) is 30.0. The molecule has 2 saturated heterocycles. The highest BCUT2D eigenvalue weighted by molar-refractivity contribution is 14.1. The molecule has 26 heteroatoms. The Hall–Kier alpha value is -5.34. The third-order valence-corrected chi connectivity index (χ3v) is 23.2. The maximum Gasteiger partial charge on any atom is 0.246 e. The van der Waals surface area contributed by atoms with E-state index >= 15 is 14.4 Å². The van der Waals surface area contributed by atoms with Crippen molar-refractivity contribution in [3.63, 3.8) is 0 Å². The van der Waals surface area contributed by atoms with Gasteiger partial charge in [0, 0.05) is 71.7 Å². The van der Waals surface area contributed by atoms with E-state index in [4.69, 9.17) is 11.6 Å². The molecule has 0 radical (unpaired) electrons. The Labute approximate surface area is 597 Å². The molecule has 0 aromatic heterocycles. The number of nitrogens with zero attached hydrogens (tertiary/aromatic N) is 8. The fourth-order valence-corrected chi connectivity index (χ4v) is 15.8. The van der Waals surface area contributed by atoms with Gasteiger partial charge in [0.05, 0.1) is 26.1 Å². The van der Waals surface area contributed by atoms with Gasteiger partial charge in [0.2, 0.25) is 70.9 Å². The summed E-state index contributed by atoms with van der Waals surface area (Å²) in [6.45, 7) is 11.8. The van der Waals surface area contributed by atoms with Crippen LogP contribution in [0.25, 0.3) is 0 Å². The number of alkyl halides is 2. The standard InChI is InChI=1S/C71H120ClIN12O12/c1-15-17-28-52-66(93)84(14)71(6,7)70(97)76-53(34-31-47-24-19-18-20-25-47)65(92)83(13)57(68(95)85-35-21-22-36-85)41-59(87)81(11)55(37-45(3)4)64(91)77-62(46(5)16-2)69(96)80(10)43-60(88)78(8)44-61(89)82(12)56(40-48-29-32-50(72)33-30-48)67(94)79(9)42-58(86)74-54(63(90)75-52)39-49-26-23-27-51(73)38-49/h45-57,62H,15-44H2,1-14H3,(H,74,86)(H,75,90)(H,76,97)(H,77,91)/t46-,48?,49?,50?,51?,52-,53-,54-,55-,56-,57-,62-/m0/s1. The number of nitrogens with one attached hydrogen (secondary N) is 4. The number of hydrogen-bond donors (Lipinski definition) is 4. The van der Waals surface area contributed by atoms with Crippen molar-refractivity contribution in [3.05, 3.63) is 0 Å². The molecule has 5 fully saturated rings. The summed E-state index contributed by atoms with van der Waals surface area (Å²) in [5.74, 6) is -7.50. The van der Waals surface area contributed by atoms with Crippen molar-refractivity contribution in [1.82, 2.24) is 60.5 Å². The first-order valence-corrected chi connectivity index (χ1v) is 38.0. The number of halogens is 2. The number of hydrogen-bond acceptors (Lipinski definition) is 12. The summed E-state index contributed by atoms with van der Waals surface area (Å²) in [5, 5.41) is 11.8. The van der Waals surface area contributed by atoms with E-state index in [1.165, 1.54) is 83.6 Å². The van der Waals surface area contributed by atoms with Crippen LogP contribution in [-0.2, 0) is 57.5 Å². The summed E-state index contributed by atoms with van der Waals surface area (Å²) in [4.78, 5) is 188. The van der Waals surface area contributed by atoms with Crippen LogP contribution in [0, 0.1) is 29.6 Å². The van der Waals surface area contributed by atoms with E-state index in [0.29, 0.717) is 81.2 Å². The molecular weight excluding hydrogens is 1380 g/mol. The van der Waals surface area contributed by atoms with Crippen LogP contribution in [-0.4, -0.2) is 249 Å². The van der Waals surface area contributed by atoms with E-state index in [1.807, 2.05) is 27.7 Å². The fraction of sp³-hybridized carbons (Fsp3) is 0.831. The molecule has 550 valence electrons. The first kappa shape index (κ1) is 82.3. The topological polar surface area (TPSA) is 279 Å². The highest BCUT2D eigenvalue weighted by Gasteiger charge is 2.45. The molecule has 5 aliphatic rings. The summed E-state index contributed by atoms with van der Waals surface area (Å²) in [6.07, 6.45) is 15.5. The van der Waals surface area contributed by atoms with Crippen LogP contribution < -0.4 is 21.3 Å². The quantitative estimate of drug-likeness (QED) is 0.104. The number of unbranched alkanes of at least 4 members (excludes halogenated alkanes) is 1. The molecule has 97 heavy (non-hydrogen) atoms. The Morgan fingerprint density at radius 1 is 0.557 bits per heavy atom. The van der Waals surface area contributed by atoms with E-state index in [1.54, 1.807) is 25.7 Å². The normalized spacial score (nSPS) is 29.6. The fourth-order valence-electron chi connectivity index (χ4n) is 14.4. The van der Waals surface area contributed by atoms with Crippen LogP contribution in [0.4, 0.5) is 0 Å². The van der Waals surface area contributed by atoms with Gasteiger partial charge in [-0.3, -0.25) is 57.5 Å². The molecule has 3 saturated carbocycles. The Kier molecular flexibility index (Phi) is 33.1. The zero-order valence-electron chi connectivity index (χ0n) is 61.0. The Balaban J connectivity index is 1.60. The second-order valence-corrected chi connectivity index (χ2v) is 32.4. The third kappa shape index (κ3) is 23.9. The molecule has 24 nitrogen and oxygen atoms in total. The zero-order valence-corrected chi connectivity index (χ0v) is 63.9. The molecule has 2 heterocycles. The van der Waals surface area contributed by atoms with Crippen molar-refractivity contribution >= 4 is 105 Å². The summed E-state index contributed by atoms with van der Waals surface area (Å²) in [7, 11) is 10.2. The average molecular weight is 1500 g/mol. The van der Waals surface area contributed by atoms with Gasteiger partial charge in [0.25, 0.3) is 0 Å². The maximum absolute atomic E-state index is 15.4. The Morgan fingerprint density at radius 3 is 1.76 bits per heavy atom. The van der Waals surface area contributed by atoms with Gasteiger partial charge in [-0.1, -0.05) is 121 Å². The highest BCUT2D eigenvalue weighted by Crippen LogP contribution is 2.35.